The van der Waals surface area contributed by atoms with Crippen molar-refractivity contribution in [3.63, 3.8) is 0 Å². The first kappa shape index (κ1) is 21.3. The lowest BCUT2D eigenvalue weighted by Crippen LogP contribution is -2.58. The van der Waals surface area contributed by atoms with Crippen molar-refractivity contribution in [1.29, 1.82) is 0 Å². The number of carbonyl (C=O) groups excluding carboxylic acids is 2. The average molecular weight is 357 g/mol. The van der Waals surface area contributed by atoms with Gasteiger partial charge in [0.1, 0.15) is 12.3 Å². The number of nitrogens with one attached hydrogen (secondary N) is 3. The standard InChI is InChI=1S/C16H31N5O4/c1-4-10(5-2)20-14(23)13(19-8(3)22)11-6-9(15(24)25)7-12(11)21-16(17)18/h9-13,16,21H,4-7,17-18H2,1-3H3,(H,19,22)(H,20,23)(H,24,25). The predicted octanol–water partition coefficient (Wildman–Crippen LogP) is -0.934. The van der Waals surface area contributed by atoms with Gasteiger partial charge in [0.25, 0.3) is 0 Å². The molecule has 4 atom stereocenters. The molecule has 0 radical (unpaired) electrons. The summed E-state index contributed by atoms with van der Waals surface area (Å²) in [7, 11) is 0. The van der Waals surface area contributed by atoms with Gasteiger partial charge in [-0.25, -0.2) is 0 Å². The number of carboxylic acid groups (broad SMARTS) is 1. The molecule has 1 aliphatic carbocycles. The second-order valence-electron chi connectivity index (χ2n) is 6.67. The smallest absolute Gasteiger partial charge is 0.306 e. The van der Waals surface area contributed by atoms with Crippen LogP contribution in [0, 0.1) is 11.8 Å². The molecule has 0 aromatic carbocycles. The summed E-state index contributed by atoms with van der Waals surface area (Å²) in [6, 6.07) is -1.20. The summed E-state index contributed by atoms with van der Waals surface area (Å²) in [4.78, 5) is 35.7. The molecule has 25 heavy (non-hydrogen) atoms. The van der Waals surface area contributed by atoms with Crippen molar-refractivity contribution >= 4 is 17.8 Å². The van der Waals surface area contributed by atoms with E-state index in [2.05, 4.69) is 16.0 Å². The lowest BCUT2D eigenvalue weighted by Gasteiger charge is -2.31. The third-order valence-corrected chi connectivity index (χ3v) is 4.77. The average Bonchev–Trinajstić information content (AvgIpc) is 2.92. The Morgan fingerprint density at radius 1 is 1.12 bits per heavy atom. The van der Waals surface area contributed by atoms with E-state index in [1.807, 2.05) is 13.8 Å². The highest BCUT2D eigenvalue weighted by atomic mass is 16.4. The Bertz CT molecular complexity index is 481. The topological polar surface area (TPSA) is 160 Å². The van der Waals surface area contributed by atoms with Crippen LogP contribution >= 0.6 is 0 Å². The normalized spacial score (nSPS) is 24.4. The fraction of sp³-hybridized carbons (Fsp3) is 0.812. The van der Waals surface area contributed by atoms with Gasteiger partial charge in [-0.15, -0.1) is 0 Å². The molecule has 0 saturated heterocycles. The Morgan fingerprint density at radius 3 is 2.16 bits per heavy atom. The Hall–Kier alpha value is -1.71. The third kappa shape index (κ3) is 6.26. The second kappa shape index (κ2) is 9.69. The predicted molar refractivity (Wildman–Crippen MR) is 93.1 cm³/mol. The van der Waals surface area contributed by atoms with Gasteiger partial charge in [0.05, 0.1) is 5.92 Å². The van der Waals surface area contributed by atoms with Crippen LogP contribution in [0.2, 0.25) is 0 Å². The fourth-order valence-corrected chi connectivity index (χ4v) is 3.45. The van der Waals surface area contributed by atoms with Gasteiger partial charge in [-0.05, 0) is 25.7 Å². The minimum Gasteiger partial charge on any atom is -0.481 e. The lowest BCUT2D eigenvalue weighted by atomic mass is 9.92. The summed E-state index contributed by atoms with van der Waals surface area (Å²) >= 11 is 0. The zero-order valence-corrected chi connectivity index (χ0v) is 15.1. The summed E-state index contributed by atoms with van der Waals surface area (Å²) in [5, 5.41) is 17.9. The van der Waals surface area contributed by atoms with Gasteiger partial charge in [0, 0.05) is 24.9 Å². The number of carboxylic acids is 1. The maximum absolute atomic E-state index is 12.7. The molecule has 9 heteroatoms. The van der Waals surface area contributed by atoms with Crippen LogP contribution in [0.15, 0.2) is 0 Å². The van der Waals surface area contributed by atoms with Crippen LogP contribution in [0.3, 0.4) is 0 Å². The van der Waals surface area contributed by atoms with Gasteiger partial charge in [0.2, 0.25) is 11.8 Å². The van der Waals surface area contributed by atoms with E-state index in [-0.39, 0.29) is 30.3 Å². The number of amides is 2. The Balaban J connectivity index is 3.02. The Labute approximate surface area is 148 Å². The number of hydrogen-bond donors (Lipinski definition) is 6. The van der Waals surface area contributed by atoms with Crippen LogP contribution < -0.4 is 27.4 Å². The van der Waals surface area contributed by atoms with E-state index in [9.17, 15) is 19.5 Å². The van der Waals surface area contributed by atoms with Crippen LogP contribution in [0.1, 0.15) is 46.5 Å². The summed E-state index contributed by atoms with van der Waals surface area (Å²) in [5.41, 5.74) is 11.2. The number of aliphatic carboxylic acids is 1. The zero-order valence-electron chi connectivity index (χ0n) is 15.1. The summed E-state index contributed by atoms with van der Waals surface area (Å²) in [6.07, 6.45) is 1.28. The number of nitrogens with two attached hydrogens (primary N) is 2. The van der Waals surface area contributed by atoms with E-state index in [4.69, 9.17) is 11.5 Å². The molecule has 8 N–H and O–H groups in total. The molecule has 1 rings (SSSR count). The van der Waals surface area contributed by atoms with Gasteiger partial charge in [-0.2, -0.15) is 0 Å². The minimum absolute atomic E-state index is 0.00334. The van der Waals surface area contributed by atoms with Crippen molar-refractivity contribution in [2.75, 3.05) is 0 Å². The third-order valence-electron chi connectivity index (χ3n) is 4.77. The molecule has 2 amide bonds. The molecule has 0 aromatic rings. The molecule has 0 bridgehead atoms. The highest BCUT2D eigenvalue weighted by Gasteiger charge is 2.45. The molecule has 144 valence electrons. The first-order valence-corrected chi connectivity index (χ1v) is 8.77. The van der Waals surface area contributed by atoms with E-state index in [0.29, 0.717) is 6.42 Å². The quantitative estimate of drug-likeness (QED) is 0.291. The van der Waals surface area contributed by atoms with Crippen molar-refractivity contribution in [2.24, 2.45) is 23.3 Å². The molecule has 0 spiro atoms. The molecule has 1 saturated carbocycles. The van der Waals surface area contributed by atoms with Gasteiger partial charge < -0.3 is 27.2 Å². The molecule has 0 aliphatic heterocycles. The van der Waals surface area contributed by atoms with Crippen LogP contribution in [-0.4, -0.2) is 47.3 Å². The molecule has 9 nitrogen and oxygen atoms in total. The first-order valence-electron chi connectivity index (χ1n) is 8.77. The van der Waals surface area contributed by atoms with Crippen molar-refractivity contribution in [1.82, 2.24) is 16.0 Å². The van der Waals surface area contributed by atoms with Crippen LogP contribution in [-0.2, 0) is 14.4 Å². The van der Waals surface area contributed by atoms with Gasteiger partial charge in [-0.3, -0.25) is 19.7 Å². The lowest BCUT2D eigenvalue weighted by molar-refractivity contribution is -0.141. The summed E-state index contributed by atoms with van der Waals surface area (Å²) < 4.78 is 0. The number of rotatable bonds is 9. The minimum atomic E-state index is -0.929. The molecule has 1 fully saturated rings. The highest BCUT2D eigenvalue weighted by molar-refractivity contribution is 5.87. The largest absolute Gasteiger partial charge is 0.481 e. The number of hydrogen-bond acceptors (Lipinski definition) is 6. The van der Waals surface area contributed by atoms with E-state index >= 15 is 0 Å². The summed E-state index contributed by atoms with van der Waals surface area (Å²) in [5.74, 6) is -2.61. The fourth-order valence-electron chi connectivity index (χ4n) is 3.45. The van der Waals surface area contributed by atoms with Crippen molar-refractivity contribution in [2.45, 2.75) is 70.9 Å². The van der Waals surface area contributed by atoms with E-state index in [0.717, 1.165) is 12.8 Å². The van der Waals surface area contributed by atoms with Crippen molar-refractivity contribution in [3.8, 4) is 0 Å². The van der Waals surface area contributed by atoms with Gasteiger partial charge >= 0.3 is 5.97 Å². The van der Waals surface area contributed by atoms with Crippen molar-refractivity contribution < 1.29 is 19.5 Å². The maximum atomic E-state index is 12.7. The molecule has 4 unspecified atom stereocenters. The number of carbonyl (C=O) groups is 3. The van der Waals surface area contributed by atoms with E-state index in [1.165, 1.54) is 6.92 Å². The Kier molecular flexibility index (Phi) is 8.27. The monoisotopic (exact) mass is 357 g/mol. The Morgan fingerprint density at radius 2 is 1.72 bits per heavy atom. The van der Waals surface area contributed by atoms with Crippen LogP contribution in [0.4, 0.5) is 0 Å². The van der Waals surface area contributed by atoms with Crippen molar-refractivity contribution in [3.05, 3.63) is 0 Å². The van der Waals surface area contributed by atoms with Gasteiger partial charge in [-0.1, -0.05) is 13.8 Å². The SMILES string of the molecule is CCC(CC)NC(=O)C(NC(C)=O)C1CC(C(=O)O)CC1NC(N)N. The van der Waals surface area contributed by atoms with E-state index < -0.39 is 30.1 Å². The molecule has 0 heterocycles. The molecular formula is C16H31N5O4. The molecule has 0 aromatic heterocycles. The maximum Gasteiger partial charge on any atom is 0.306 e. The molecule has 1 aliphatic rings. The van der Waals surface area contributed by atoms with E-state index in [1.54, 1.807) is 0 Å². The summed E-state index contributed by atoms with van der Waals surface area (Å²) in [6.45, 7) is 5.27. The van der Waals surface area contributed by atoms with Gasteiger partial charge in [0.15, 0.2) is 0 Å². The van der Waals surface area contributed by atoms with Crippen LogP contribution in [0.25, 0.3) is 0 Å². The highest BCUT2D eigenvalue weighted by Crippen LogP contribution is 2.34. The molecular weight excluding hydrogens is 326 g/mol. The first-order chi connectivity index (χ1) is 11.7. The second-order valence-corrected chi connectivity index (χ2v) is 6.67. The van der Waals surface area contributed by atoms with Crippen LogP contribution in [0.5, 0.6) is 0 Å². The zero-order chi connectivity index (χ0) is 19.1.